The van der Waals surface area contributed by atoms with Gasteiger partial charge in [0.2, 0.25) is 6.71 Å². The minimum atomic E-state index is -2.54. The summed E-state index contributed by atoms with van der Waals surface area (Å²) in [7, 11) is -1.48. The fourth-order valence-electron chi connectivity index (χ4n) is 6.13. The summed E-state index contributed by atoms with van der Waals surface area (Å²) >= 11 is 0. The van der Waals surface area contributed by atoms with Crippen molar-refractivity contribution in [3.8, 4) is 0 Å². The molecule has 0 spiro atoms. The number of allylic oxidation sites excluding steroid dienone is 2. The van der Waals surface area contributed by atoms with Crippen molar-refractivity contribution in [2.24, 2.45) is 0 Å². The number of hydrogen-bond donors (Lipinski definition) is 0. The molecule has 0 aromatic heterocycles. The molecule has 0 saturated heterocycles. The molecule has 0 aliphatic heterocycles. The van der Waals surface area contributed by atoms with Crippen molar-refractivity contribution < 1.29 is 43.9 Å². The minimum absolute atomic E-state index is 0.498. The molecule has 0 N–H and O–H groups in total. The Morgan fingerprint density at radius 2 is 0.761 bits per heavy atom. The van der Waals surface area contributed by atoms with E-state index in [1.165, 1.54) is 6.08 Å². The molecule has 12 heteroatoms. The van der Waals surface area contributed by atoms with Crippen molar-refractivity contribution >= 4 is 36.2 Å². The van der Waals surface area contributed by atoms with Gasteiger partial charge in [0.1, 0.15) is 0 Å². The van der Waals surface area contributed by atoms with Crippen LogP contribution < -0.4 is 21.5 Å². The molecule has 0 aliphatic rings. The molecule has 0 radical (unpaired) electrons. The van der Waals surface area contributed by atoms with Crippen molar-refractivity contribution in [3.63, 3.8) is 0 Å². The normalized spacial score (nSPS) is 12.0. The van der Waals surface area contributed by atoms with Crippen molar-refractivity contribution in [2.75, 3.05) is 0 Å². The van der Waals surface area contributed by atoms with Gasteiger partial charge in [0.25, 0.3) is 0 Å². The third-order valence-corrected chi connectivity index (χ3v) is 11.1. The Kier molecular flexibility index (Phi) is 10.2. The summed E-state index contributed by atoms with van der Waals surface area (Å²) in [6.45, 7) is 10.5. The minimum Gasteiger partial charge on any atom is -0.204 e. The number of aryl methyl sites for hydroxylation is 6. The third-order valence-electron chi connectivity index (χ3n) is 7.90. The Labute approximate surface area is 262 Å². The van der Waals surface area contributed by atoms with Crippen molar-refractivity contribution in [1.82, 2.24) is 0 Å². The van der Waals surface area contributed by atoms with E-state index in [9.17, 15) is 26.3 Å². The van der Waals surface area contributed by atoms with E-state index in [0.29, 0.717) is 5.31 Å². The fraction of sp³-hybridized carbons (Fsp3) is 0.235. The van der Waals surface area contributed by atoms with Gasteiger partial charge < -0.3 is 0 Å². The number of halogens is 10. The first kappa shape index (κ1) is 35.3. The van der Waals surface area contributed by atoms with Crippen LogP contribution >= 0.6 is 7.92 Å². The molecule has 0 unspecified atom stereocenters. The van der Waals surface area contributed by atoms with E-state index in [-0.39, 0.29) is 0 Å². The second-order valence-corrected chi connectivity index (χ2v) is 13.7. The third kappa shape index (κ3) is 6.10. The van der Waals surface area contributed by atoms with Gasteiger partial charge in [0, 0.05) is 10.9 Å². The van der Waals surface area contributed by atoms with E-state index < -0.39 is 90.1 Å². The number of rotatable bonds is 7. The number of hydrogen-bond acceptors (Lipinski definition) is 0. The van der Waals surface area contributed by atoms with Crippen LogP contribution in [0.1, 0.15) is 40.3 Å². The van der Waals surface area contributed by atoms with Crippen LogP contribution in [-0.4, -0.2) is 6.71 Å². The zero-order valence-electron chi connectivity index (χ0n) is 25.9. The van der Waals surface area contributed by atoms with Crippen LogP contribution in [0.3, 0.4) is 0 Å². The summed E-state index contributed by atoms with van der Waals surface area (Å²) in [6.07, 6.45) is 0.416. The molecule has 0 fully saturated rings. The quantitative estimate of drug-likeness (QED) is 0.0609. The van der Waals surface area contributed by atoms with Crippen molar-refractivity contribution in [3.05, 3.63) is 127 Å². The lowest BCUT2D eigenvalue weighted by atomic mass is 9.38. The standard InChI is InChI=1S/C34H28BF10P/c1-14-10-16(3)33(17(4)11-14)46(34-18(5)12-15(2)13-19(34)6)20(7)8-9-35(21-23(36)27(40)31(44)28(41)24(21)37)22-25(38)29(42)32(45)30(43)26(22)39/h8,10-13H,9H2,1-7H3/b20-8+. The van der Waals surface area contributed by atoms with Crippen LogP contribution in [0.2, 0.25) is 6.32 Å². The van der Waals surface area contributed by atoms with Crippen LogP contribution in [0.5, 0.6) is 0 Å². The molecule has 4 aromatic carbocycles. The summed E-state index contributed by atoms with van der Waals surface area (Å²) < 4.78 is 146. The van der Waals surface area contributed by atoms with Gasteiger partial charge in [-0.3, -0.25) is 0 Å². The first-order valence-electron chi connectivity index (χ1n) is 14.1. The van der Waals surface area contributed by atoms with E-state index in [0.717, 1.165) is 44.0 Å². The van der Waals surface area contributed by atoms with Gasteiger partial charge in [-0.1, -0.05) is 41.5 Å². The molecule has 46 heavy (non-hydrogen) atoms. The maximum Gasteiger partial charge on any atom is 0.229 e. The van der Waals surface area contributed by atoms with Gasteiger partial charge >= 0.3 is 0 Å². The Morgan fingerprint density at radius 3 is 1.04 bits per heavy atom. The van der Waals surface area contributed by atoms with Crippen LogP contribution in [0.4, 0.5) is 43.9 Å². The highest BCUT2D eigenvalue weighted by molar-refractivity contribution is 7.77. The first-order chi connectivity index (χ1) is 21.4. The van der Waals surface area contributed by atoms with E-state index in [2.05, 4.69) is 0 Å². The van der Waals surface area contributed by atoms with Crippen LogP contribution in [0.15, 0.2) is 35.7 Å². The Hall–Kier alpha value is -3.59. The molecule has 0 heterocycles. The van der Waals surface area contributed by atoms with E-state index in [1.807, 2.05) is 65.8 Å². The molecule has 4 rings (SSSR count). The lowest BCUT2D eigenvalue weighted by Gasteiger charge is -2.28. The summed E-state index contributed by atoms with van der Waals surface area (Å²) in [5.74, 6) is -24.6. The monoisotopic (exact) mass is 668 g/mol. The van der Waals surface area contributed by atoms with Crippen molar-refractivity contribution in [1.29, 1.82) is 0 Å². The van der Waals surface area contributed by atoms with Crippen LogP contribution in [0, 0.1) is 99.7 Å². The van der Waals surface area contributed by atoms with E-state index >= 15 is 17.6 Å². The van der Waals surface area contributed by atoms with Crippen LogP contribution in [0.25, 0.3) is 0 Å². The fourth-order valence-corrected chi connectivity index (χ4v) is 9.02. The molecule has 0 aliphatic carbocycles. The van der Waals surface area contributed by atoms with Gasteiger partial charge in [-0.15, -0.1) is 0 Å². The highest BCUT2D eigenvalue weighted by Crippen LogP contribution is 2.47. The highest BCUT2D eigenvalue weighted by Gasteiger charge is 2.39. The van der Waals surface area contributed by atoms with Crippen LogP contribution in [-0.2, 0) is 0 Å². The SMILES string of the molecule is C/C(=C\CB(c1c(F)c(F)c(F)c(F)c1F)c1c(F)c(F)c(F)c(F)c1F)P(c1c(C)cc(C)cc1C)c1c(C)cc(C)cc1C. The van der Waals surface area contributed by atoms with Gasteiger partial charge in [0.15, 0.2) is 58.2 Å². The first-order valence-corrected chi connectivity index (χ1v) is 15.4. The molecular formula is C34H28BF10P. The summed E-state index contributed by atoms with van der Waals surface area (Å²) in [6, 6.07) is 7.82. The summed E-state index contributed by atoms with van der Waals surface area (Å²) in [5, 5.41) is 2.29. The zero-order chi connectivity index (χ0) is 34.5. The Bertz CT molecular complexity index is 1690. The average Bonchev–Trinajstić information content (AvgIpc) is 2.97. The number of benzene rings is 4. The highest BCUT2D eigenvalue weighted by atomic mass is 31.1. The molecule has 242 valence electrons. The van der Waals surface area contributed by atoms with Crippen molar-refractivity contribution in [2.45, 2.75) is 54.8 Å². The molecule has 0 nitrogen and oxygen atoms in total. The summed E-state index contributed by atoms with van der Waals surface area (Å²) in [4.78, 5) is 0. The predicted molar refractivity (Wildman–Crippen MR) is 164 cm³/mol. The molecule has 0 bridgehead atoms. The molecular weight excluding hydrogens is 640 g/mol. The van der Waals surface area contributed by atoms with Gasteiger partial charge in [-0.2, -0.15) is 0 Å². The topological polar surface area (TPSA) is 0 Å². The maximum absolute atomic E-state index is 15.1. The van der Waals surface area contributed by atoms with Gasteiger partial charge in [-0.25, -0.2) is 43.9 Å². The average molecular weight is 668 g/mol. The molecule has 0 atom stereocenters. The zero-order valence-corrected chi connectivity index (χ0v) is 26.8. The smallest absolute Gasteiger partial charge is 0.204 e. The second-order valence-electron chi connectivity index (χ2n) is 11.4. The maximum atomic E-state index is 15.1. The Morgan fingerprint density at radius 1 is 0.500 bits per heavy atom. The van der Waals surface area contributed by atoms with E-state index in [1.54, 1.807) is 6.92 Å². The predicted octanol–water partition coefficient (Wildman–Crippen LogP) is 8.57. The lowest BCUT2D eigenvalue weighted by Crippen LogP contribution is -2.50. The van der Waals surface area contributed by atoms with Gasteiger partial charge in [-0.05, 0) is 101 Å². The largest absolute Gasteiger partial charge is 0.229 e. The molecule has 0 amide bonds. The lowest BCUT2D eigenvalue weighted by molar-refractivity contribution is 0.382. The molecule has 0 saturated carbocycles. The Balaban J connectivity index is 2.05. The summed E-state index contributed by atoms with van der Waals surface area (Å²) in [5.41, 5.74) is 2.09. The molecule has 4 aromatic rings. The second kappa shape index (κ2) is 13.3. The van der Waals surface area contributed by atoms with Gasteiger partial charge in [0.05, 0.1) is 0 Å². The van der Waals surface area contributed by atoms with E-state index in [4.69, 9.17) is 0 Å².